The monoisotopic (exact) mass is 640 g/mol. The number of halogens is 3. The van der Waals surface area contributed by atoms with Crippen LogP contribution in [0, 0.1) is 11.3 Å². The van der Waals surface area contributed by atoms with Crippen molar-refractivity contribution in [1.82, 2.24) is 10.2 Å². The lowest BCUT2D eigenvalue weighted by molar-refractivity contribution is -0.178. The normalized spacial score (nSPS) is 23.0. The largest absolute Gasteiger partial charge is 0.468 e. The van der Waals surface area contributed by atoms with Crippen LogP contribution in [0.15, 0.2) is 89.2 Å². The van der Waals surface area contributed by atoms with Gasteiger partial charge in [0.25, 0.3) is 0 Å². The third-order valence-corrected chi connectivity index (χ3v) is 8.36. The van der Waals surface area contributed by atoms with Crippen LogP contribution in [0.3, 0.4) is 0 Å². The Bertz CT molecular complexity index is 1560. The van der Waals surface area contributed by atoms with E-state index in [1.165, 1.54) is 30.4 Å². The van der Waals surface area contributed by atoms with Gasteiger partial charge in [-0.25, -0.2) is 0 Å². The van der Waals surface area contributed by atoms with Gasteiger partial charge in [0.15, 0.2) is 0 Å². The quantitative estimate of drug-likeness (QED) is 0.280. The maximum atomic E-state index is 14.1. The molecular weight excluding hydrogens is 605 g/mol. The third kappa shape index (κ3) is 7.18. The molecule has 46 heavy (non-hydrogen) atoms. The van der Waals surface area contributed by atoms with Crippen molar-refractivity contribution in [2.45, 2.75) is 57.8 Å². The molecule has 0 bridgehead atoms. The zero-order valence-corrected chi connectivity index (χ0v) is 25.4. The molecule has 0 spiro atoms. The molecule has 0 unspecified atom stereocenters. The second-order valence-corrected chi connectivity index (χ2v) is 11.4. The Hall–Kier alpha value is -4.42. The number of carbonyl (C=O) groups is 3. The minimum atomic E-state index is -4.52. The van der Waals surface area contributed by atoms with E-state index in [1.54, 1.807) is 25.1 Å². The van der Waals surface area contributed by atoms with Crippen LogP contribution in [0.4, 0.5) is 13.2 Å². The maximum Gasteiger partial charge on any atom is 0.416 e. The molecule has 1 aromatic heterocycles. The molecule has 0 radical (unpaired) electrons. The van der Waals surface area contributed by atoms with E-state index >= 15 is 0 Å². The molecule has 0 saturated carbocycles. The van der Waals surface area contributed by atoms with Gasteiger partial charge in [-0.3, -0.25) is 14.4 Å². The summed E-state index contributed by atoms with van der Waals surface area (Å²) in [5.74, 6) is -2.10. The van der Waals surface area contributed by atoms with Gasteiger partial charge in [0.1, 0.15) is 17.3 Å². The van der Waals surface area contributed by atoms with Gasteiger partial charge in [-0.2, -0.15) is 13.2 Å². The molecule has 2 aliphatic heterocycles. The molecule has 1 N–H and O–H groups in total. The van der Waals surface area contributed by atoms with Gasteiger partial charge in [-0.1, -0.05) is 42.5 Å². The molecule has 1 fully saturated rings. The van der Waals surface area contributed by atoms with E-state index in [1.807, 2.05) is 30.3 Å². The summed E-state index contributed by atoms with van der Waals surface area (Å²) in [6.45, 7) is 2.04. The first-order valence-electron chi connectivity index (χ1n) is 14.9. The van der Waals surface area contributed by atoms with Crippen molar-refractivity contribution in [1.29, 1.82) is 0 Å². The molecular formula is C34H35F3N2O7. The van der Waals surface area contributed by atoms with Gasteiger partial charge < -0.3 is 28.8 Å². The molecule has 12 heteroatoms. The number of carbonyl (C=O) groups excluding carboxylic acids is 3. The molecule has 4 atom stereocenters. The fourth-order valence-electron chi connectivity index (χ4n) is 6.09. The summed E-state index contributed by atoms with van der Waals surface area (Å²) < 4.78 is 62.4. The summed E-state index contributed by atoms with van der Waals surface area (Å²) in [7, 11) is 1.25. The van der Waals surface area contributed by atoms with Gasteiger partial charge in [-0.15, -0.1) is 0 Å². The number of ether oxygens (including phenoxy) is 3. The number of fused-ring (bicyclic) bond motifs is 1. The molecule has 1 saturated heterocycles. The van der Waals surface area contributed by atoms with Gasteiger partial charge >= 0.3 is 12.1 Å². The fraction of sp³-hybridized carbons (Fsp3) is 0.382. The van der Waals surface area contributed by atoms with E-state index in [-0.39, 0.29) is 38.1 Å². The minimum Gasteiger partial charge on any atom is -0.468 e. The first kappa shape index (κ1) is 33.0. The number of methoxy groups -OCH3 is 1. The molecule has 5 rings (SSSR count). The zero-order valence-electron chi connectivity index (χ0n) is 25.4. The van der Waals surface area contributed by atoms with Crippen LogP contribution >= 0.6 is 0 Å². The van der Waals surface area contributed by atoms with Crippen LogP contribution < -0.4 is 5.32 Å². The lowest BCUT2D eigenvalue weighted by Crippen LogP contribution is -2.60. The number of rotatable bonds is 11. The fourth-order valence-corrected chi connectivity index (χ4v) is 6.09. The van der Waals surface area contributed by atoms with E-state index in [4.69, 9.17) is 18.6 Å². The topological polar surface area (TPSA) is 107 Å². The lowest BCUT2D eigenvalue weighted by Gasteiger charge is -2.51. The first-order chi connectivity index (χ1) is 22.0. The second kappa shape index (κ2) is 13.9. The number of amides is 2. The molecule has 3 aromatic rings. The van der Waals surface area contributed by atoms with Crippen LogP contribution in [0.2, 0.25) is 0 Å². The third-order valence-electron chi connectivity index (χ3n) is 8.36. The molecule has 9 nitrogen and oxygen atoms in total. The molecule has 0 aliphatic carbocycles. The highest BCUT2D eigenvalue weighted by Gasteiger charge is 2.59. The average Bonchev–Trinajstić information content (AvgIpc) is 3.56. The summed E-state index contributed by atoms with van der Waals surface area (Å²) in [4.78, 5) is 42.2. The molecule has 2 aliphatic rings. The van der Waals surface area contributed by atoms with Crippen molar-refractivity contribution in [2.24, 2.45) is 11.3 Å². The number of likely N-dealkylation sites (tertiary alicyclic amines) is 1. The predicted octanol–water partition coefficient (Wildman–Crippen LogP) is 5.40. The van der Waals surface area contributed by atoms with Crippen LogP contribution in [0.1, 0.15) is 42.2 Å². The van der Waals surface area contributed by atoms with Crippen molar-refractivity contribution in [3.8, 4) is 0 Å². The number of alkyl halides is 3. The Morgan fingerprint density at radius 2 is 1.83 bits per heavy atom. The highest BCUT2D eigenvalue weighted by Crippen LogP contribution is 2.50. The number of hydrogen-bond donors (Lipinski definition) is 1. The smallest absolute Gasteiger partial charge is 0.416 e. The van der Waals surface area contributed by atoms with Crippen molar-refractivity contribution in [2.75, 3.05) is 13.7 Å². The molecule has 2 amide bonds. The standard InChI is InChI=1S/C34H35F3N2O7/c1-22-33(32(42)43-2)17-25(15-30(40)38-18-24-10-6-11-26(14-24)34(35,36)37)31(41)39(19-27-12-7-13-45-27)29(33)16-28(46-22)21-44-20-23-8-4-3-5-9-23/h3-14,16,22,25,28H,15,17-21H2,1-2H3,(H,38,40)/t22-,25+,28-,33+/m1/s1. The number of nitrogens with zero attached hydrogens (tertiary/aromatic N) is 1. The van der Waals surface area contributed by atoms with Gasteiger partial charge in [0.2, 0.25) is 11.8 Å². The number of benzene rings is 2. The number of nitrogens with one attached hydrogen (secondary N) is 1. The molecule has 3 heterocycles. The van der Waals surface area contributed by atoms with Gasteiger partial charge in [-0.05, 0) is 54.8 Å². The SMILES string of the molecule is COC(=O)[C@]12C[C@H](CC(=O)NCc3cccc(C(F)(F)F)c3)C(=O)N(Cc3ccco3)C1=C[C@H](COCc1ccccc1)O[C@@H]2C. The number of furan rings is 1. The van der Waals surface area contributed by atoms with E-state index < -0.39 is 53.1 Å². The number of piperidine rings is 1. The zero-order chi connectivity index (χ0) is 32.9. The van der Waals surface area contributed by atoms with E-state index in [9.17, 15) is 27.6 Å². The average molecular weight is 641 g/mol. The Labute approximate surface area is 264 Å². The summed E-state index contributed by atoms with van der Waals surface area (Å²) in [5.41, 5.74) is -0.650. The molecule has 244 valence electrons. The van der Waals surface area contributed by atoms with E-state index in [2.05, 4.69) is 5.32 Å². The van der Waals surface area contributed by atoms with Crippen LogP contribution in [-0.2, 0) is 54.5 Å². The Morgan fingerprint density at radius 1 is 1.07 bits per heavy atom. The van der Waals surface area contributed by atoms with Crippen molar-refractivity contribution >= 4 is 17.8 Å². The lowest BCUT2D eigenvalue weighted by atomic mass is 9.66. The van der Waals surface area contributed by atoms with Gasteiger partial charge in [0, 0.05) is 24.6 Å². The number of esters is 1. The summed E-state index contributed by atoms with van der Waals surface area (Å²) in [6.07, 6.45) is -3.10. The highest BCUT2D eigenvalue weighted by molar-refractivity contribution is 5.92. The predicted molar refractivity (Wildman–Crippen MR) is 158 cm³/mol. The van der Waals surface area contributed by atoms with E-state index in [0.717, 1.165) is 17.7 Å². The van der Waals surface area contributed by atoms with Crippen molar-refractivity contribution < 1.29 is 46.2 Å². The van der Waals surface area contributed by atoms with E-state index in [0.29, 0.717) is 18.1 Å². The van der Waals surface area contributed by atoms with Crippen molar-refractivity contribution in [3.05, 3.63) is 107 Å². The maximum absolute atomic E-state index is 14.1. The molecule has 2 aromatic carbocycles. The van der Waals surface area contributed by atoms with Crippen molar-refractivity contribution in [3.63, 3.8) is 0 Å². The van der Waals surface area contributed by atoms with Gasteiger partial charge in [0.05, 0.1) is 44.8 Å². The first-order valence-corrected chi connectivity index (χ1v) is 14.9. The minimum absolute atomic E-state index is 0.0108. The van der Waals surface area contributed by atoms with Crippen LogP contribution in [0.25, 0.3) is 0 Å². The Morgan fingerprint density at radius 3 is 2.52 bits per heavy atom. The second-order valence-electron chi connectivity index (χ2n) is 11.4. The summed E-state index contributed by atoms with van der Waals surface area (Å²) >= 11 is 0. The van der Waals surface area contributed by atoms with Crippen LogP contribution in [-0.4, -0.2) is 48.6 Å². The Balaban J connectivity index is 1.38. The van der Waals surface area contributed by atoms with Crippen LogP contribution in [0.5, 0.6) is 0 Å². The number of hydrogen-bond acceptors (Lipinski definition) is 7. The summed E-state index contributed by atoms with van der Waals surface area (Å²) in [5, 5.41) is 2.61. The Kier molecular flexibility index (Phi) is 9.97. The summed E-state index contributed by atoms with van der Waals surface area (Å²) in [6, 6.07) is 17.6. The highest BCUT2D eigenvalue weighted by atomic mass is 19.4.